The predicted octanol–water partition coefficient (Wildman–Crippen LogP) is 0.256. The monoisotopic (exact) mass is 250 g/mol. The van der Waals surface area contributed by atoms with E-state index >= 15 is 0 Å². The van der Waals surface area contributed by atoms with Crippen molar-refractivity contribution in [2.75, 3.05) is 25.1 Å². The lowest BCUT2D eigenvalue weighted by molar-refractivity contribution is -0.129. The van der Waals surface area contributed by atoms with Crippen molar-refractivity contribution in [2.45, 2.75) is 13.0 Å². The summed E-state index contributed by atoms with van der Waals surface area (Å²) in [5.41, 5.74) is 12.1. The van der Waals surface area contributed by atoms with E-state index < -0.39 is 11.9 Å². The SMILES string of the molecule is CC(Nc1c(N)cccc1C(N)=O)C(=O)N(C)C. The molecule has 0 fully saturated rings. The van der Waals surface area contributed by atoms with Gasteiger partial charge in [0.1, 0.15) is 6.04 Å². The van der Waals surface area contributed by atoms with Crippen LogP contribution in [0.1, 0.15) is 17.3 Å². The zero-order valence-corrected chi connectivity index (χ0v) is 10.7. The summed E-state index contributed by atoms with van der Waals surface area (Å²) < 4.78 is 0. The summed E-state index contributed by atoms with van der Waals surface area (Å²) in [7, 11) is 3.31. The molecule has 1 aromatic carbocycles. The van der Waals surface area contributed by atoms with Gasteiger partial charge in [0.2, 0.25) is 5.91 Å². The van der Waals surface area contributed by atoms with E-state index in [9.17, 15) is 9.59 Å². The first kappa shape index (κ1) is 13.8. The molecule has 0 aromatic heterocycles. The second-order valence-electron chi connectivity index (χ2n) is 4.23. The summed E-state index contributed by atoms with van der Waals surface area (Å²) in [6.07, 6.45) is 0. The number of carbonyl (C=O) groups is 2. The Bertz CT molecular complexity index is 471. The van der Waals surface area contributed by atoms with Crippen LogP contribution in [-0.4, -0.2) is 36.9 Å². The number of anilines is 2. The summed E-state index contributed by atoms with van der Waals surface area (Å²) in [4.78, 5) is 24.5. The number of benzene rings is 1. The number of hydrogen-bond donors (Lipinski definition) is 3. The molecule has 0 spiro atoms. The predicted molar refractivity (Wildman–Crippen MR) is 71.2 cm³/mol. The number of rotatable bonds is 4. The molecule has 6 nitrogen and oxygen atoms in total. The molecule has 0 radical (unpaired) electrons. The first-order valence-corrected chi connectivity index (χ1v) is 5.50. The number of para-hydroxylation sites is 1. The van der Waals surface area contributed by atoms with Gasteiger partial charge in [-0.05, 0) is 19.1 Å². The van der Waals surface area contributed by atoms with E-state index in [-0.39, 0.29) is 11.5 Å². The fourth-order valence-corrected chi connectivity index (χ4v) is 1.60. The Hall–Kier alpha value is -2.24. The van der Waals surface area contributed by atoms with Crippen LogP contribution in [0.5, 0.6) is 0 Å². The van der Waals surface area contributed by atoms with Gasteiger partial charge in [-0.2, -0.15) is 0 Å². The molecular weight excluding hydrogens is 232 g/mol. The highest BCUT2D eigenvalue weighted by atomic mass is 16.2. The Labute approximate surface area is 106 Å². The largest absolute Gasteiger partial charge is 0.397 e. The Morgan fingerprint density at radius 1 is 1.33 bits per heavy atom. The summed E-state index contributed by atoms with van der Waals surface area (Å²) in [6.45, 7) is 1.69. The Kier molecular flexibility index (Phi) is 4.14. The molecule has 0 aliphatic heterocycles. The first-order chi connectivity index (χ1) is 8.34. The number of nitrogens with two attached hydrogens (primary N) is 2. The van der Waals surface area contributed by atoms with Crippen LogP contribution >= 0.6 is 0 Å². The second kappa shape index (κ2) is 5.39. The molecule has 1 aromatic rings. The number of hydrogen-bond acceptors (Lipinski definition) is 4. The molecule has 0 saturated heterocycles. The molecule has 0 aliphatic rings. The zero-order valence-electron chi connectivity index (χ0n) is 10.7. The molecule has 0 aliphatic carbocycles. The number of nitrogens with zero attached hydrogens (tertiary/aromatic N) is 1. The molecule has 2 amide bonds. The van der Waals surface area contributed by atoms with Crippen LogP contribution in [-0.2, 0) is 4.79 Å². The number of likely N-dealkylation sites (N-methyl/N-ethyl adjacent to an activating group) is 1. The van der Waals surface area contributed by atoms with Crippen LogP contribution in [0.3, 0.4) is 0 Å². The molecule has 98 valence electrons. The van der Waals surface area contributed by atoms with Gasteiger partial charge in [-0.1, -0.05) is 6.07 Å². The van der Waals surface area contributed by atoms with E-state index in [0.717, 1.165) is 0 Å². The Balaban J connectivity index is 3.04. The van der Waals surface area contributed by atoms with Crippen molar-refractivity contribution in [3.63, 3.8) is 0 Å². The second-order valence-corrected chi connectivity index (χ2v) is 4.23. The third-order valence-electron chi connectivity index (χ3n) is 2.53. The molecule has 1 atom stereocenters. The van der Waals surface area contributed by atoms with E-state index in [0.29, 0.717) is 11.4 Å². The summed E-state index contributed by atoms with van der Waals surface area (Å²) in [5, 5.41) is 2.92. The fraction of sp³-hybridized carbons (Fsp3) is 0.333. The van der Waals surface area contributed by atoms with Crippen molar-refractivity contribution >= 4 is 23.2 Å². The molecule has 18 heavy (non-hydrogen) atoms. The summed E-state index contributed by atoms with van der Waals surface area (Å²) in [6, 6.07) is 4.34. The fourth-order valence-electron chi connectivity index (χ4n) is 1.60. The van der Waals surface area contributed by atoms with Crippen LogP contribution in [0.2, 0.25) is 0 Å². The number of nitrogens with one attached hydrogen (secondary N) is 1. The molecule has 0 bridgehead atoms. The number of carbonyl (C=O) groups excluding carboxylic acids is 2. The smallest absolute Gasteiger partial charge is 0.250 e. The van der Waals surface area contributed by atoms with Gasteiger partial charge in [-0.25, -0.2) is 0 Å². The van der Waals surface area contributed by atoms with Crippen molar-refractivity contribution in [1.82, 2.24) is 4.90 Å². The van der Waals surface area contributed by atoms with Gasteiger partial charge in [0, 0.05) is 14.1 Å². The van der Waals surface area contributed by atoms with Crippen LogP contribution in [0.4, 0.5) is 11.4 Å². The van der Waals surface area contributed by atoms with Crippen molar-refractivity contribution in [1.29, 1.82) is 0 Å². The van der Waals surface area contributed by atoms with Gasteiger partial charge < -0.3 is 21.7 Å². The minimum Gasteiger partial charge on any atom is -0.397 e. The maximum absolute atomic E-state index is 11.7. The lowest BCUT2D eigenvalue weighted by atomic mass is 10.1. The summed E-state index contributed by atoms with van der Waals surface area (Å²) in [5.74, 6) is -0.706. The van der Waals surface area contributed by atoms with E-state index in [4.69, 9.17) is 11.5 Å². The number of nitrogen functional groups attached to an aromatic ring is 1. The lowest BCUT2D eigenvalue weighted by Gasteiger charge is -2.21. The number of primary amides is 1. The third-order valence-corrected chi connectivity index (χ3v) is 2.53. The van der Waals surface area contributed by atoms with Crippen molar-refractivity contribution in [2.24, 2.45) is 5.73 Å². The van der Waals surface area contributed by atoms with E-state index in [2.05, 4.69) is 5.32 Å². The molecule has 1 rings (SSSR count). The van der Waals surface area contributed by atoms with E-state index in [1.165, 1.54) is 4.90 Å². The van der Waals surface area contributed by atoms with Crippen molar-refractivity contribution < 1.29 is 9.59 Å². The van der Waals surface area contributed by atoms with Crippen LogP contribution in [0, 0.1) is 0 Å². The molecule has 5 N–H and O–H groups in total. The third kappa shape index (κ3) is 2.91. The van der Waals surface area contributed by atoms with Gasteiger partial charge in [0.15, 0.2) is 0 Å². The lowest BCUT2D eigenvalue weighted by Crippen LogP contribution is -2.37. The maximum Gasteiger partial charge on any atom is 0.250 e. The average molecular weight is 250 g/mol. The quantitative estimate of drug-likeness (QED) is 0.667. The average Bonchev–Trinajstić information content (AvgIpc) is 2.30. The van der Waals surface area contributed by atoms with Gasteiger partial charge >= 0.3 is 0 Å². The highest BCUT2D eigenvalue weighted by molar-refractivity contribution is 6.02. The topological polar surface area (TPSA) is 101 Å². The molecule has 0 heterocycles. The van der Waals surface area contributed by atoms with Gasteiger partial charge in [0.05, 0.1) is 16.9 Å². The molecule has 0 saturated carbocycles. The van der Waals surface area contributed by atoms with Crippen molar-refractivity contribution in [3.05, 3.63) is 23.8 Å². The van der Waals surface area contributed by atoms with Crippen LogP contribution in [0.25, 0.3) is 0 Å². The van der Waals surface area contributed by atoms with Gasteiger partial charge in [-0.15, -0.1) is 0 Å². The van der Waals surface area contributed by atoms with Gasteiger partial charge in [-0.3, -0.25) is 9.59 Å². The standard InChI is InChI=1S/C12H18N4O2/c1-7(12(18)16(2)3)15-10-8(11(14)17)5-4-6-9(10)13/h4-7,15H,13H2,1-3H3,(H2,14,17). The zero-order chi connectivity index (χ0) is 13.9. The Morgan fingerprint density at radius 3 is 2.44 bits per heavy atom. The minimum absolute atomic E-state index is 0.117. The first-order valence-electron chi connectivity index (χ1n) is 5.50. The molecular formula is C12H18N4O2. The van der Waals surface area contributed by atoms with Crippen molar-refractivity contribution in [3.8, 4) is 0 Å². The maximum atomic E-state index is 11.7. The van der Waals surface area contributed by atoms with Crippen LogP contribution < -0.4 is 16.8 Å². The van der Waals surface area contributed by atoms with E-state index in [1.807, 2.05) is 0 Å². The highest BCUT2D eigenvalue weighted by Gasteiger charge is 2.18. The normalized spacial score (nSPS) is 11.7. The van der Waals surface area contributed by atoms with Gasteiger partial charge in [0.25, 0.3) is 5.91 Å². The van der Waals surface area contributed by atoms with Crippen LogP contribution in [0.15, 0.2) is 18.2 Å². The minimum atomic E-state index is -0.589. The molecule has 1 unspecified atom stereocenters. The Morgan fingerprint density at radius 2 is 1.94 bits per heavy atom. The summed E-state index contributed by atoms with van der Waals surface area (Å²) >= 11 is 0. The van der Waals surface area contributed by atoms with E-state index in [1.54, 1.807) is 39.2 Å². The number of amides is 2. The highest BCUT2D eigenvalue weighted by Crippen LogP contribution is 2.24. The molecule has 6 heteroatoms.